The molecule has 1 heterocycles. The highest BCUT2D eigenvalue weighted by Gasteiger charge is 2.86. The molecule has 1 saturated heterocycles. The van der Waals surface area contributed by atoms with Crippen LogP contribution in [0.2, 0.25) is 0 Å². The quantitative estimate of drug-likeness (QED) is 0.152. The lowest BCUT2D eigenvalue weighted by molar-refractivity contribution is -0.360. The molecule has 2 bridgehead atoms. The Balaban J connectivity index is 1.12. The summed E-state index contributed by atoms with van der Waals surface area (Å²) in [5, 5.41) is 36.5. The van der Waals surface area contributed by atoms with Gasteiger partial charge in [0, 0.05) is 30.3 Å². The van der Waals surface area contributed by atoms with Gasteiger partial charge in [-0.15, -0.1) is 0 Å². The fraction of sp³-hybridized carbons (Fsp3) is 0.873. The summed E-state index contributed by atoms with van der Waals surface area (Å²) < 4.78 is 12.7. The van der Waals surface area contributed by atoms with Gasteiger partial charge in [0.15, 0.2) is 5.79 Å². The largest absolute Gasteiger partial charge is 0.481 e. The number of aliphatic hydroxyl groups is 2. The Bertz CT molecular complexity index is 1740. The van der Waals surface area contributed by atoms with Gasteiger partial charge in [0.25, 0.3) is 0 Å². The Morgan fingerprint density at radius 1 is 0.803 bits per heavy atom. The molecular weight excluding hydrogens is 757 g/mol. The minimum atomic E-state index is -1.16. The van der Waals surface area contributed by atoms with Crippen LogP contribution >= 0.6 is 0 Å². The number of carboxylic acid groups (broad SMARTS) is 1. The zero-order chi connectivity index (χ0) is 43.1. The Kier molecular flexibility index (Phi) is 11.8. The van der Waals surface area contributed by atoms with E-state index >= 15 is 0 Å². The minimum absolute atomic E-state index is 0.00354. The summed E-state index contributed by atoms with van der Waals surface area (Å²) in [7, 11) is 1.76. The van der Waals surface area contributed by atoms with Crippen molar-refractivity contribution in [3.63, 3.8) is 0 Å². The van der Waals surface area contributed by atoms with Gasteiger partial charge >= 0.3 is 5.97 Å². The van der Waals surface area contributed by atoms with Crippen LogP contribution in [-0.2, 0) is 27.1 Å². The van der Waals surface area contributed by atoms with Gasteiger partial charge in [0.1, 0.15) is 0 Å². The fourth-order valence-electron chi connectivity index (χ4n) is 19.5. The maximum absolute atomic E-state index is 13.2. The van der Waals surface area contributed by atoms with Crippen LogP contribution in [-0.4, -0.2) is 53.5 Å². The molecule has 0 aromatic heterocycles. The van der Waals surface area contributed by atoms with Crippen LogP contribution in [0.3, 0.4) is 0 Å². The van der Waals surface area contributed by atoms with Crippen molar-refractivity contribution in [3.05, 3.63) is 35.4 Å². The standard InChI is InChI=1S/C55H86O6/c1-7-14-44-53-27-24-43-50(4)31-30-48(2)28-29-49(3,47(57)58)36-45(48)52(50,26-13-9-12-17-38-15-10-8-11-16-38)34-41-22-23-42(54(53,37-56)51(41,43)5)35-55(44,59)61-46(53)33-40-20-18-39(19-21-40)25-32-60-6/h18-21,38,41-46,56,59H,7-17,22-37H2,1-6H3,(H,57,58)/t41?,42-,43-,44-,45+,46-,48-,49+,50-,51+,52-,53+,54-,55-/m0/s1. The number of unbranched alkanes of at least 4 members (excludes halogenated alkanes) is 2. The van der Waals surface area contributed by atoms with Crippen molar-refractivity contribution < 1.29 is 29.6 Å². The first kappa shape index (κ1) is 44.7. The topological polar surface area (TPSA) is 96.2 Å². The predicted molar refractivity (Wildman–Crippen MR) is 243 cm³/mol. The van der Waals surface area contributed by atoms with E-state index < -0.39 is 17.2 Å². The van der Waals surface area contributed by atoms with E-state index in [1.807, 2.05) is 0 Å². The summed E-state index contributed by atoms with van der Waals surface area (Å²) in [4.78, 5) is 13.2. The molecule has 0 amide bonds. The molecule has 9 rings (SSSR count). The van der Waals surface area contributed by atoms with E-state index in [1.165, 1.54) is 94.6 Å². The van der Waals surface area contributed by atoms with E-state index in [-0.39, 0.29) is 57.0 Å². The third-order valence-corrected chi connectivity index (χ3v) is 22.4. The summed E-state index contributed by atoms with van der Waals surface area (Å²) in [6.45, 7) is 13.3. The van der Waals surface area contributed by atoms with Crippen LogP contribution in [0.4, 0.5) is 0 Å². The monoisotopic (exact) mass is 843 g/mol. The first-order valence-electron chi connectivity index (χ1n) is 26.0. The average Bonchev–Trinajstić information content (AvgIpc) is 3.40. The van der Waals surface area contributed by atoms with E-state index in [1.54, 1.807) is 7.11 Å². The number of carboxylic acids is 1. The fourth-order valence-corrected chi connectivity index (χ4v) is 19.5. The van der Waals surface area contributed by atoms with Crippen LogP contribution in [0.15, 0.2) is 24.3 Å². The Morgan fingerprint density at radius 3 is 2.23 bits per heavy atom. The van der Waals surface area contributed by atoms with Gasteiger partial charge in [-0.25, -0.2) is 0 Å². The summed E-state index contributed by atoms with van der Waals surface area (Å²) in [6.07, 6.45) is 28.3. The van der Waals surface area contributed by atoms with Crippen molar-refractivity contribution in [1.82, 2.24) is 0 Å². The number of benzene rings is 1. The molecular formula is C55H86O6. The molecule has 0 radical (unpaired) electrons. The van der Waals surface area contributed by atoms with Crippen molar-refractivity contribution in [2.24, 2.45) is 73.4 Å². The molecule has 7 saturated carbocycles. The second kappa shape index (κ2) is 16.1. The second-order valence-electron chi connectivity index (χ2n) is 24.4. The van der Waals surface area contributed by atoms with E-state index in [2.05, 4.69) is 58.9 Å². The molecule has 8 aliphatic rings. The van der Waals surface area contributed by atoms with Gasteiger partial charge in [-0.2, -0.15) is 0 Å². The van der Waals surface area contributed by atoms with Crippen molar-refractivity contribution in [1.29, 1.82) is 0 Å². The normalized spacial score (nSPS) is 47.6. The molecule has 1 aliphatic heterocycles. The molecule has 1 aromatic rings. The van der Waals surface area contributed by atoms with Crippen molar-refractivity contribution in [2.75, 3.05) is 20.3 Å². The number of methoxy groups -OCH3 is 1. The number of hydrogen-bond acceptors (Lipinski definition) is 5. The number of rotatable bonds is 15. The zero-order valence-electron chi connectivity index (χ0n) is 39.5. The number of hydrogen-bond donors (Lipinski definition) is 3. The number of aliphatic carboxylic acids is 1. The molecule has 14 atom stereocenters. The third-order valence-electron chi connectivity index (χ3n) is 22.4. The Labute approximate surface area is 370 Å². The summed E-state index contributed by atoms with van der Waals surface area (Å²) in [6, 6.07) is 9.07. The molecule has 1 spiro atoms. The highest BCUT2D eigenvalue weighted by atomic mass is 16.6. The minimum Gasteiger partial charge on any atom is -0.481 e. The maximum Gasteiger partial charge on any atom is 0.309 e. The number of aliphatic hydroxyl groups excluding tert-OH is 1. The van der Waals surface area contributed by atoms with Gasteiger partial charge in [-0.05, 0) is 159 Å². The predicted octanol–water partition coefficient (Wildman–Crippen LogP) is 12.4. The van der Waals surface area contributed by atoms with Crippen LogP contribution in [0, 0.1) is 73.4 Å². The highest BCUT2D eigenvalue weighted by Crippen LogP contribution is 2.88. The number of fused-ring (bicyclic) bond motifs is 5. The Hall–Kier alpha value is -1.47. The van der Waals surface area contributed by atoms with Crippen LogP contribution in [0.5, 0.6) is 0 Å². The summed E-state index contributed by atoms with van der Waals surface area (Å²) in [5.74, 6) is 0.705. The lowest BCUT2D eigenvalue weighted by Gasteiger charge is -2.82. The number of ether oxygens (including phenoxy) is 2. The van der Waals surface area contributed by atoms with Crippen molar-refractivity contribution in [2.45, 2.75) is 207 Å². The molecule has 1 unspecified atom stereocenters. The van der Waals surface area contributed by atoms with E-state index in [9.17, 15) is 20.1 Å². The lowest BCUT2D eigenvalue weighted by Crippen LogP contribution is -2.79. The first-order chi connectivity index (χ1) is 29.2. The van der Waals surface area contributed by atoms with Crippen molar-refractivity contribution in [3.8, 4) is 0 Å². The molecule has 3 N–H and O–H groups in total. The summed E-state index contributed by atoms with van der Waals surface area (Å²) in [5.41, 5.74) is 1.39. The highest BCUT2D eigenvalue weighted by molar-refractivity contribution is 5.74. The molecule has 6 heteroatoms. The van der Waals surface area contributed by atoms with Gasteiger partial charge < -0.3 is 24.8 Å². The molecule has 8 fully saturated rings. The molecule has 342 valence electrons. The lowest BCUT2D eigenvalue weighted by atomic mass is 9.21. The van der Waals surface area contributed by atoms with Gasteiger partial charge in [0.2, 0.25) is 0 Å². The number of carbonyl (C=O) groups is 1. The SMILES string of the molecule is CCC[C@H]1[C@]23CC[C@H]4[C@]5(C)CC[C@]6(C)CC[C@@](C)(C(=O)O)C[C@H]6[C@]5(CCCCCC5CCCCC5)CC5CC[C@@H](C[C@]1(O)O[C@H]2Cc1ccc(CCOC)cc1)[C@@]3(CO)[C@]54C. The first-order valence-corrected chi connectivity index (χ1v) is 26.0. The van der Waals surface area contributed by atoms with E-state index in [4.69, 9.17) is 9.47 Å². The third kappa shape index (κ3) is 6.36. The van der Waals surface area contributed by atoms with Crippen LogP contribution in [0.1, 0.15) is 193 Å². The molecule has 7 aliphatic carbocycles. The zero-order valence-corrected chi connectivity index (χ0v) is 39.5. The Morgan fingerprint density at radius 2 is 1.52 bits per heavy atom. The average molecular weight is 843 g/mol. The van der Waals surface area contributed by atoms with Gasteiger partial charge in [-0.3, -0.25) is 4.79 Å². The van der Waals surface area contributed by atoms with Gasteiger partial charge in [-0.1, -0.05) is 116 Å². The van der Waals surface area contributed by atoms with Crippen LogP contribution in [0.25, 0.3) is 0 Å². The maximum atomic E-state index is 13.2. The smallest absolute Gasteiger partial charge is 0.309 e. The van der Waals surface area contributed by atoms with E-state index in [0.717, 1.165) is 76.5 Å². The van der Waals surface area contributed by atoms with Gasteiger partial charge in [0.05, 0.1) is 24.7 Å². The second-order valence-corrected chi connectivity index (χ2v) is 24.4. The van der Waals surface area contributed by atoms with Crippen LogP contribution < -0.4 is 0 Å². The van der Waals surface area contributed by atoms with E-state index in [0.29, 0.717) is 30.8 Å². The summed E-state index contributed by atoms with van der Waals surface area (Å²) >= 11 is 0. The molecule has 61 heavy (non-hydrogen) atoms. The van der Waals surface area contributed by atoms with Crippen molar-refractivity contribution >= 4 is 5.97 Å². The molecule has 1 aromatic carbocycles. The molecule has 6 nitrogen and oxygen atoms in total.